The highest BCUT2D eigenvalue weighted by Crippen LogP contribution is 2.41. The molecule has 3 heteroatoms. The third-order valence-electron chi connectivity index (χ3n) is 4.04. The summed E-state index contributed by atoms with van der Waals surface area (Å²) >= 11 is 3.92. The normalized spacial score (nSPS) is 29.2. The molecule has 1 N–H and O–H groups in total. The number of hydrogen-bond acceptors (Lipinski definition) is 3. The molecule has 112 valence electrons. The molecule has 0 saturated carbocycles. The average Bonchev–Trinajstić information content (AvgIpc) is 2.40. The van der Waals surface area contributed by atoms with Gasteiger partial charge in [-0.05, 0) is 16.5 Å². The molecule has 1 nitrogen and oxygen atoms in total. The summed E-state index contributed by atoms with van der Waals surface area (Å²) in [7, 11) is 0. The molecule has 0 bridgehead atoms. The molecule has 4 atom stereocenters. The molecule has 1 aliphatic heterocycles. The first-order valence-corrected chi connectivity index (χ1v) is 9.34. The van der Waals surface area contributed by atoms with Crippen molar-refractivity contribution in [1.29, 1.82) is 0 Å². The van der Waals surface area contributed by atoms with E-state index in [1.165, 1.54) is 5.56 Å². The zero-order valence-electron chi connectivity index (χ0n) is 13.1. The van der Waals surface area contributed by atoms with Gasteiger partial charge in [0.25, 0.3) is 0 Å². The number of rotatable bonds is 2. The number of aliphatic hydroxyl groups is 1. The molecule has 0 aliphatic carbocycles. The SMILES string of the molecule is CC1SCC(C(O)c2ccc(C(C)(C)C)cc2)SC1C. The molecule has 0 spiro atoms. The molecule has 1 heterocycles. The minimum atomic E-state index is -0.350. The van der Waals surface area contributed by atoms with Crippen LogP contribution in [0.2, 0.25) is 0 Å². The average molecular weight is 311 g/mol. The van der Waals surface area contributed by atoms with Crippen LogP contribution in [0.25, 0.3) is 0 Å². The molecule has 1 aliphatic rings. The van der Waals surface area contributed by atoms with Crippen LogP contribution in [-0.4, -0.2) is 26.6 Å². The molecule has 2 rings (SSSR count). The summed E-state index contributed by atoms with van der Waals surface area (Å²) in [6, 6.07) is 8.51. The van der Waals surface area contributed by atoms with Crippen molar-refractivity contribution >= 4 is 23.5 Å². The Labute approximate surface area is 131 Å². The largest absolute Gasteiger partial charge is 0.387 e. The van der Waals surface area contributed by atoms with Gasteiger partial charge in [-0.2, -0.15) is 23.5 Å². The van der Waals surface area contributed by atoms with Crippen LogP contribution in [0.5, 0.6) is 0 Å². The Morgan fingerprint density at radius 2 is 1.70 bits per heavy atom. The van der Waals surface area contributed by atoms with Crippen molar-refractivity contribution in [3.63, 3.8) is 0 Å². The van der Waals surface area contributed by atoms with E-state index in [1.807, 2.05) is 23.5 Å². The zero-order valence-corrected chi connectivity index (χ0v) is 14.7. The van der Waals surface area contributed by atoms with E-state index in [1.54, 1.807) is 0 Å². The van der Waals surface area contributed by atoms with Crippen molar-refractivity contribution in [3.05, 3.63) is 35.4 Å². The lowest BCUT2D eigenvalue weighted by molar-refractivity contribution is 0.180. The van der Waals surface area contributed by atoms with Crippen LogP contribution in [0.1, 0.15) is 51.8 Å². The van der Waals surface area contributed by atoms with E-state index in [0.29, 0.717) is 15.7 Å². The van der Waals surface area contributed by atoms with Gasteiger partial charge < -0.3 is 5.11 Å². The van der Waals surface area contributed by atoms with Crippen molar-refractivity contribution in [2.24, 2.45) is 0 Å². The first-order chi connectivity index (χ1) is 9.29. The highest BCUT2D eigenvalue weighted by atomic mass is 32.2. The van der Waals surface area contributed by atoms with Crippen LogP contribution < -0.4 is 0 Å². The maximum atomic E-state index is 10.6. The van der Waals surface area contributed by atoms with Gasteiger partial charge in [-0.3, -0.25) is 0 Å². The number of hydrogen-bond donors (Lipinski definition) is 1. The summed E-state index contributed by atoms with van der Waals surface area (Å²) in [6.45, 7) is 11.2. The third-order valence-corrected chi connectivity index (χ3v) is 7.52. The minimum Gasteiger partial charge on any atom is -0.387 e. The Morgan fingerprint density at radius 3 is 2.20 bits per heavy atom. The molecule has 0 aromatic heterocycles. The number of thioether (sulfide) groups is 2. The molecule has 1 aromatic rings. The van der Waals surface area contributed by atoms with Gasteiger partial charge in [0.2, 0.25) is 0 Å². The number of benzene rings is 1. The zero-order chi connectivity index (χ0) is 14.9. The molecule has 1 fully saturated rings. The molecule has 4 unspecified atom stereocenters. The molecular weight excluding hydrogens is 284 g/mol. The second-order valence-electron chi connectivity index (χ2n) is 6.73. The fourth-order valence-electron chi connectivity index (χ4n) is 2.37. The number of aliphatic hydroxyl groups excluding tert-OH is 1. The topological polar surface area (TPSA) is 20.2 Å². The van der Waals surface area contributed by atoms with Gasteiger partial charge in [-0.1, -0.05) is 58.9 Å². The predicted octanol–water partition coefficient (Wildman–Crippen LogP) is 4.64. The van der Waals surface area contributed by atoms with E-state index >= 15 is 0 Å². The van der Waals surface area contributed by atoms with Crippen molar-refractivity contribution in [1.82, 2.24) is 0 Å². The van der Waals surface area contributed by atoms with E-state index in [2.05, 4.69) is 58.9 Å². The van der Waals surface area contributed by atoms with E-state index in [-0.39, 0.29) is 11.5 Å². The summed E-state index contributed by atoms with van der Waals surface area (Å²) in [5, 5.41) is 12.2. The first-order valence-electron chi connectivity index (χ1n) is 7.34. The lowest BCUT2D eigenvalue weighted by Gasteiger charge is -2.34. The highest BCUT2D eigenvalue weighted by molar-refractivity contribution is 8.07. The summed E-state index contributed by atoms with van der Waals surface area (Å²) in [5.41, 5.74) is 2.54. The quantitative estimate of drug-likeness (QED) is 0.859. The van der Waals surface area contributed by atoms with Crippen molar-refractivity contribution < 1.29 is 5.11 Å². The fraction of sp³-hybridized carbons (Fsp3) is 0.647. The fourth-order valence-corrected chi connectivity index (χ4v) is 5.37. The summed E-state index contributed by atoms with van der Waals surface area (Å²) in [4.78, 5) is 0. The maximum Gasteiger partial charge on any atom is 0.0916 e. The summed E-state index contributed by atoms with van der Waals surface area (Å²) in [6.07, 6.45) is -0.350. The molecule has 20 heavy (non-hydrogen) atoms. The van der Waals surface area contributed by atoms with Crippen molar-refractivity contribution in [2.45, 2.75) is 61.9 Å². The summed E-state index contributed by atoms with van der Waals surface area (Å²) < 4.78 is 0. The van der Waals surface area contributed by atoms with Gasteiger partial charge in [0.1, 0.15) is 0 Å². The second-order valence-corrected chi connectivity index (χ2v) is 9.77. The Hall–Kier alpha value is -0.120. The molecule has 0 amide bonds. The maximum absolute atomic E-state index is 10.6. The van der Waals surface area contributed by atoms with E-state index < -0.39 is 0 Å². The molecular formula is C17H26OS2. The second kappa shape index (κ2) is 6.33. The third kappa shape index (κ3) is 3.75. The molecule has 1 saturated heterocycles. The smallest absolute Gasteiger partial charge is 0.0916 e. The van der Waals surface area contributed by atoms with E-state index in [0.717, 1.165) is 11.3 Å². The van der Waals surface area contributed by atoms with Gasteiger partial charge in [-0.15, -0.1) is 0 Å². The van der Waals surface area contributed by atoms with Gasteiger partial charge in [-0.25, -0.2) is 0 Å². The van der Waals surface area contributed by atoms with Crippen molar-refractivity contribution in [2.75, 3.05) is 5.75 Å². The molecule has 1 aromatic carbocycles. The monoisotopic (exact) mass is 310 g/mol. The molecule has 0 radical (unpaired) electrons. The van der Waals surface area contributed by atoms with Crippen LogP contribution in [0.3, 0.4) is 0 Å². The van der Waals surface area contributed by atoms with Crippen LogP contribution in [0, 0.1) is 0 Å². The van der Waals surface area contributed by atoms with Crippen LogP contribution >= 0.6 is 23.5 Å². The Morgan fingerprint density at radius 1 is 1.10 bits per heavy atom. The van der Waals surface area contributed by atoms with Crippen LogP contribution in [-0.2, 0) is 5.41 Å². The van der Waals surface area contributed by atoms with Gasteiger partial charge in [0, 0.05) is 21.5 Å². The lowest BCUT2D eigenvalue weighted by Crippen LogP contribution is -2.30. The van der Waals surface area contributed by atoms with Gasteiger partial charge in [0.15, 0.2) is 0 Å². The Bertz CT molecular complexity index is 435. The summed E-state index contributed by atoms with van der Waals surface area (Å²) in [5.74, 6) is 1.04. The van der Waals surface area contributed by atoms with Crippen LogP contribution in [0.4, 0.5) is 0 Å². The Kier molecular flexibility index (Phi) is 5.14. The predicted molar refractivity (Wildman–Crippen MR) is 92.9 cm³/mol. The van der Waals surface area contributed by atoms with Gasteiger partial charge >= 0.3 is 0 Å². The first kappa shape index (κ1) is 16.3. The van der Waals surface area contributed by atoms with Gasteiger partial charge in [0.05, 0.1) is 6.10 Å². The van der Waals surface area contributed by atoms with E-state index in [4.69, 9.17) is 0 Å². The highest BCUT2D eigenvalue weighted by Gasteiger charge is 2.31. The lowest BCUT2D eigenvalue weighted by atomic mass is 9.86. The Balaban J connectivity index is 2.08. The standard InChI is InChI=1S/C17H26OS2/c1-11-12(2)20-15(10-19-11)16(18)13-6-8-14(9-7-13)17(3,4)5/h6-9,11-12,15-16,18H,10H2,1-5H3. The van der Waals surface area contributed by atoms with Crippen LogP contribution in [0.15, 0.2) is 24.3 Å². The minimum absolute atomic E-state index is 0.170. The van der Waals surface area contributed by atoms with E-state index in [9.17, 15) is 5.11 Å². The van der Waals surface area contributed by atoms with Crippen molar-refractivity contribution in [3.8, 4) is 0 Å².